The largest absolute Gasteiger partial charge is 0.326 e. The molecule has 0 aliphatic rings. The second kappa shape index (κ2) is 4.96. The molecule has 100 valence electrons. The summed E-state index contributed by atoms with van der Waals surface area (Å²) in [6.45, 7) is 0. The SMILES string of the molecule is O=c1cc(-c2n[nH]c(Cc3ccccc3)n2)[nH]c(=O)[nH]1. The molecule has 0 atom stereocenters. The van der Waals surface area contributed by atoms with Gasteiger partial charge in [0.1, 0.15) is 5.82 Å². The first-order valence-electron chi connectivity index (χ1n) is 6.00. The van der Waals surface area contributed by atoms with Crippen LogP contribution >= 0.6 is 0 Å². The van der Waals surface area contributed by atoms with Crippen LogP contribution in [0.4, 0.5) is 0 Å². The van der Waals surface area contributed by atoms with Gasteiger partial charge in [0.25, 0.3) is 5.56 Å². The van der Waals surface area contributed by atoms with Crippen LogP contribution in [0, 0.1) is 0 Å². The fourth-order valence-corrected chi connectivity index (χ4v) is 1.87. The second-order valence-corrected chi connectivity index (χ2v) is 4.27. The lowest BCUT2D eigenvalue weighted by atomic mass is 10.1. The van der Waals surface area contributed by atoms with E-state index >= 15 is 0 Å². The lowest BCUT2D eigenvalue weighted by Crippen LogP contribution is -2.21. The van der Waals surface area contributed by atoms with E-state index in [1.54, 1.807) is 0 Å². The Morgan fingerprint density at radius 3 is 2.60 bits per heavy atom. The van der Waals surface area contributed by atoms with Gasteiger partial charge in [-0.25, -0.2) is 9.78 Å². The molecule has 2 heterocycles. The number of benzene rings is 1. The molecule has 0 amide bonds. The maximum Gasteiger partial charge on any atom is 0.326 e. The quantitative estimate of drug-likeness (QED) is 0.641. The Morgan fingerprint density at radius 1 is 1.05 bits per heavy atom. The molecule has 2 aromatic heterocycles. The molecule has 0 radical (unpaired) electrons. The van der Waals surface area contributed by atoms with Crippen molar-refractivity contribution in [1.29, 1.82) is 0 Å². The van der Waals surface area contributed by atoms with Gasteiger partial charge >= 0.3 is 5.69 Å². The Morgan fingerprint density at radius 2 is 1.85 bits per heavy atom. The average Bonchev–Trinajstić information content (AvgIpc) is 2.87. The van der Waals surface area contributed by atoms with Crippen molar-refractivity contribution in [2.45, 2.75) is 6.42 Å². The third-order valence-corrected chi connectivity index (χ3v) is 2.75. The van der Waals surface area contributed by atoms with Crippen LogP contribution in [-0.2, 0) is 6.42 Å². The van der Waals surface area contributed by atoms with Gasteiger partial charge in [0.15, 0.2) is 5.82 Å². The van der Waals surface area contributed by atoms with Crippen molar-refractivity contribution in [3.63, 3.8) is 0 Å². The molecule has 3 rings (SSSR count). The molecule has 3 aromatic rings. The van der Waals surface area contributed by atoms with E-state index in [1.165, 1.54) is 6.07 Å². The minimum absolute atomic E-state index is 0.286. The normalized spacial score (nSPS) is 10.6. The van der Waals surface area contributed by atoms with E-state index < -0.39 is 11.2 Å². The van der Waals surface area contributed by atoms with Gasteiger partial charge in [0, 0.05) is 12.5 Å². The molecule has 0 saturated carbocycles. The van der Waals surface area contributed by atoms with E-state index in [2.05, 4.69) is 25.1 Å². The molecule has 3 N–H and O–H groups in total. The Labute approximate surface area is 112 Å². The van der Waals surface area contributed by atoms with Crippen molar-refractivity contribution in [3.8, 4) is 11.5 Å². The van der Waals surface area contributed by atoms with Crippen LogP contribution < -0.4 is 11.2 Å². The highest BCUT2D eigenvalue weighted by Crippen LogP contribution is 2.10. The zero-order valence-electron chi connectivity index (χ0n) is 10.4. The molecule has 7 heteroatoms. The van der Waals surface area contributed by atoms with Crippen LogP contribution in [0.3, 0.4) is 0 Å². The molecule has 0 spiro atoms. The summed E-state index contributed by atoms with van der Waals surface area (Å²) < 4.78 is 0. The molecule has 0 unspecified atom stereocenters. The number of hydrogen-bond acceptors (Lipinski definition) is 4. The number of nitrogens with one attached hydrogen (secondary N) is 3. The van der Waals surface area contributed by atoms with Gasteiger partial charge in [-0.3, -0.25) is 14.9 Å². The highest BCUT2D eigenvalue weighted by Gasteiger charge is 2.08. The summed E-state index contributed by atoms with van der Waals surface area (Å²) in [5, 5.41) is 6.80. The van der Waals surface area contributed by atoms with Crippen molar-refractivity contribution < 1.29 is 0 Å². The molecule has 1 aromatic carbocycles. The number of rotatable bonds is 3. The van der Waals surface area contributed by atoms with E-state index in [9.17, 15) is 9.59 Å². The van der Waals surface area contributed by atoms with Crippen LogP contribution in [-0.4, -0.2) is 25.1 Å². The van der Waals surface area contributed by atoms with Crippen LogP contribution in [0.15, 0.2) is 46.0 Å². The molecule has 0 aliphatic carbocycles. The highest BCUT2D eigenvalue weighted by atomic mass is 16.2. The molecule has 0 aliphatic heterocycles. The Hall–Kier alpha value is -2.96. The topological polar surface area (TPSA) is 107 Å². The van der Waals surface area contributed by atoms with E-state index in [0.717, 1.165) is 5.56 Å². The minimum Gasteiger partial charge on any atom is -0.304 e. The molecule has 7 nitrogen and oxygen atoms in total. The van der Waals surface area contributed by atoms with Gasteiger partial charge in [0.05, 0.1) is 5.69 Å². The third kappa shape index (κ3) is 2.56. The number of H-pyrrole nitrogens is 3. The number of aromatic nitrogens is 5. The highest BCUT2D eigenvalue weighted by molar-refractivity contribution is 5.46. The number of nitrogens with zero attached hydrogens (tertiary/aromatic N) is 2. The lowest BCUT2D eigenvalue weighted by molar-refractivity contribution is 0.972. The maximum absolute atomic E-state index is 11.2. The van der Waals surface area contributed by atoms with Gasteiger partial charge in [-0.15, -0.1) is 0 Å². The molecular weight excluding hydrogens is 258 g/mol. The Balaban J connectivity index is 1.90. The summed E-state index contributed by atoms with van der Waals surface area (Å²) in [5.41, 5.74) is 0.309. The van der Waals surface area contributed by atoms with Crippen molar-refractivity contribution >= 4 is 0 Å². The second-order valence-electron chi connectivity index (χ2n) is 4.27. The van der Waals surface area contributed by atoms with Gasteiger partial charge < -0.3 is 4.98 Å². The fourth-order valence-electron chi connectivity index (χ4n) is 1.87. The Bertz CT molecular complexity index is 803. The van der Waals surface area contributed by atoms with Gasteiger partial charge in [-0.2, -0.15) is 5.10 Å². The summed E-state index contributed by atoms with van der Waals surface area (Å²) in [7, 11) is 0. The summed E-state index contributed by atoms with van der Waals surface area (Å²) >= 11 is 0. The number of hydrogen-bond donors (Lipinski definition) is 3. The molecule has 0 fully saturated rings. The summed E-state index contributed by atoms with van der Waals surface area (Å²) in [4.78, 5) is 31.3. The standard InChI is InChI=1S/C13H11N5O2/c19-11-7-9(14-13(20)16-11)12-15-10(17-18-12)6-8-4-2-1-3-5-8/h1-5,7H,6H2,(H,15,17,18)(H2,14,16,19,20). The van der Waals surface area contributed by atoms with Crippen LogP contribution in [0.5, 0.6) is 0 Å². The van der Waals surface area contributed by atoms with Crippen LogP contribution in [0.25, 0.3) is 11.5 Å². The first kappa shape index (κ1) is 12.1. The molecular formula is C13H11N5O2. The molecule has 0 saturated heterocycles. The zero-order chi connectivity index (χ0) is 13.9. The minimum atomic E-state index is -0.582. The molecule has 0 bridgehead atoms. The van der Waals surface area contributed by atoms with E-state index in [4.69, 9.17) is 0 Å². The first-order chi connectivity index (χ1) is 9.70. The van der Waals surface area contributed by atoms with E-state index in [1.807, 2.05) is 30.3 Å². The monoisotopic (exact) mass is 269 g/mol. The summed E-state index contributed by atoms with van der Waals surface area (Å²) in [6, 6.07) is 11.0. The van der Waals surface area contributed by atoms with Crippen LogP contribution in [0.2, 0.25) is 0 Å². The predicted molar refractivity (Wildman–Crippen MR) is 72.3 cm³/mol. The summed E-state index contributed by atoms with van der Waals surface area (Å²) in [6.07, 6.45) is 0.598. The van der Waals surface area contributed by atoms with E-state index in [-0.39, 0.29) is 5.69 Å². The fraction of sp³-hybridized carbons (Fsp3) is 0.0769. The van der Waals surface area contributed by atoms with Gasteiger partial charge in [-0.1, -0.05) is 30.3 Å². The molecule has 20 heavy (non-hydrogen) atoms. The predicted octanol–water partition coefficient (Wildman–Crippen LogP) is 0.439. The van der Waals surface area contributed by atoms with Crippen molar-refractivity contribution in [2.75, 3.05) is 0 Å². The van der Waals surface area contributed by atoms with Crippen LogP contribution in [0.1, 0.15) is 11.4 Å². The van der Waals surface area contributed by atoms with Crippen molar-refractivity contribution in [3.05, 3.63) is 68.6 Å². The van der Waals surface area contributed by atoms with Gasteiger partial charge in [-0.05, 0) is 5.56 Å². The smallest absolute Gasteiger partial charge is 0.304 e. The van der Waals surface area contributed by atoms with Gasteiger partial charge in [0.2, 0.25) is 0 Å². The average molecular weight is 269 g/mol. The van der Waals surface area contributed by atoms with E-state index in [0.29, 0.717) is 18.1 Å². The number of aromatic amines is 3. The van der Waals surface area contributed by atoms with Crippen molar-refractivity contribution in [1.82, 2.24) is 25.1 Å². The Kier molecular flexibility index (Phi) is 3.00. The first-order valence-corrected chi connectivity index (χ1v) is 6.00. The summed E-state index contributed by atoms with van der Waals surface area (Å²) in [5.74, 6) is 0.950. The maximum atomic E-state index is 11.2. The zero-order valence-corrected chi connectivity index (χ0v) is 10.4. The lowest BCUT2D eigenvalue weighted by Gasteiger charge is -1.96. The van der Waals surface area contributed by atoms with Crippen molar-refractivity contribution in [2.24, 2.45) is 0 Å². The third-order valence-electron chi connectivity index (χ3n) is 2.75.